The second kappa shape index (κ2) is 11.2. The zero-order chi connectivity index (χ0) is 32.2. The van der Waals surface area contributed by atoms with Crippen LogP contribution in [-0.4, -0.2) is 8.42 Å². The highest BCUT2D eigenvalue weighted by Gasteiger charge is 2.25. The third kappa shape index (κ3) is 5.11. The van der Waals surface area contributed by atoms with Crippen LogP contribution in [0.5, 0.6) is 0 Å². The van der Waals surface area contributed by atoms with Gasteiger partial charge >= 0.3 is 0 Å². The minimum atomic E-state index is -3.38. The van der Waals surface area contributed by atoms with Crippen LogP contribution in [0.4, 0.5) is 0 Å². The molecule has 0 N–H and O–H groups in total. The van der Waals surface area contributed by atoms with E-state index < -0.39 is 9.84 Å². The first kappa shape index (κ1) is 28.5. The Kier molecular flexibility index (Phi) is 6.66. The second-order valence-corrected chi connectivity index (χ2v) is 14.7. The van der Waals surface area contributed by atoms with Crippen molar-refractivity contribution in [3.05, 3.63) is 169 Å². The Bertz CT molecular complexity index is 2560. The summed E-state index contributed by atoms with van der Waals surface area (Å²) in [4.78, 5) is 0. The van der Waals surface area contributed by atoms with Gasteiger partial charge in [0.05, 0.1) is 11.5 Å². The van der Waals surface area contributed by atoms with Crippen LogP contribution in [0.2, 0.25) is 0 Å². The molecule has 2 heterocycles. The van der Waals surface area contributed by atoms with Crippen molar-refractivity contribution in [2.24, 2.45) is 0 Å². The zero-order valence-corrected chi connectivity index (χ0v) is 26.9. The van der Waals surface area contributed by atoms with Crippen LogP contribution < -0.4 is 0 Å². The molecule has 1 aromatic heterocycles. The van der Waals surface area contributed by atoms with Gasteiger partial charge in [-0.3, -0.25) is 0 Å². The Balaban J connectivity index is 1.17. The van der Waals surface area contributed by atoms with E-state index in [1.165, 1.54) is 0 Å². The zero-order valence-electron chi connectivity index (χ0n) is 26.1. The number of rotatable bonds is 4. The lowest BCUT2D eigenvalue weighted by atomic mass is 9.89. The van der Waals surface area contributed by atoms with Crippen molar-refractivity contribution in [1.29, 1.82) is 0 Å². The van der Waals surface area contributed by atoms with Crippen molar-refractivity contribution in [2.75, 3.05) is 0 Å². The highest BCUT2D eigenvalue weighted by atomic mass is 32.2. The molecule has 3 nitrogen and oxygen atoms in total. The quantitative estimate of drug-likeness (QED) is 0.193. The highest BCUT2D eigenvalue weighted by Crippen LogP contribution is 2.41. The summed E-state index contributed by atoms with van der Waals surface area (Å²) in [5.74, 6) is 0.00556. The van der Waals surface area contributed by atoms with Gasteiger partial charge in [0, 0.05) is 10.8 Å². The van der Waals surface area contributed by atoms with Crippen molar-refractivity contribution >= 4 is 31.8 Å². The minimum absolute atomic E-state index is 0.00524. The normalized spacial score (nSPS) is 13.6. The van der Waals surface area contributed by atoms with Crippen LogP contribution in [0.1, 0.15) is 11.1 Å². The molecule has 0 aliphatic carbocycles. The molecule has 0 saturated heterocycles. The van der Waals surface area contributed by atoms with Gasteiger partial charge in [0.2, 0.25) is 0 Å². The maximum Gasteiger partial charge on any atom is 0.158 e. The fraction of sp³-hybridized carbons (Fsp3) is 0.0455. The summed E-state index contributed by atoms with van der Waals surface area (Å²) in [6.45, 7) is 0. The van der Waals surface area contributed by atoms with Crippen LogP contribution in [0.15, 0.2) is 162 Å². The fourth-order valence-corrected chi connectivity index (χ4v) is 8.65. The van der Waals surface area contributed by atoms with Gasteiger partial charge in [0.1, 0.15) is 11.2 Å². The molecule has 0 fully saturated rings. The predicted molar refractivity (Wildman–Crippen MR) is 197 cm³/mol. The molecule has 0 amide bonds. The number of sulfone groups is 1. The molecular weight excluding hydrogens is 609 g/mol. The third-order valence-electron chi connectivity index (χ3n) is 9.45. The summed E-state index contributed by atoms with van der Waals surface area (Å²) in [5.41, 5.74) is 13.9. The van der Waals surface area contributed by atoms with Crippen molar-refractivity contribution in [3.63, 3.8) is 0 Å². The summed E-state index contributed by atoms with van der Waals surface area (Å²) in [6, 6.07) is 54.3. The summed E-state index contributed by atoms with van der Waals surface area (Å²) in [5, 5.41) is 2.16. The number of para-hydroxylation sites is 1. The van der Waals surface area contributed by atoms with Gasteiger partial charge in [0.25, 0.3) is 0 Å². The maximum atomic E-state index is 13.5. The molecule has 8 aromatic rings. The molecule has 1 aliphatic heterocycles. The molecule has 0 unspecified atom stereocenters. The Morgan fingerprint density at radius 2 is 0.917 bits per heavy atom. The summed E-state index contributed by atoms with van der Waals surface area (Å²) in [6.07, 6.45) is 0. The topological polar surface area (TPSA) is 47.3 Å². The van der Waals surface area contributed by atoms with E-state index in [0.717, 1.165) is 88.7 Å². The van der Waals surface area contributed by atoms with Crippen LogP contribution in [0.3, 0.4) is 0 Å². The maximum absolute atomic E-state index is 13.5. The van der Waals surface area contributed by atoms with E-state index in [0.29, 0.717) is 0 Å². The van der Waals surface area contributed by atoms with Crippen molar-refractivity contribution in [2.45, 2.75) is 11.5 Å². The minimum Gasteiger partial charge on any atom is -0.456 e. The van der Waals surface area contributed by atoms with Gasteiger partial charge < -0.3 is 4.42 Å². The SMILES string of the molecule is O=S1(=O)Cc2cc(-c3ccc4c(c3)oc3ccccc34)ccc2-c2cc(-c3cc(-c4ccccc4)cc(-c4ccccc4)c3)ccc2C1. The van der Waals surface area contributed by atoms with Crippen molar-refractivity contribution in [1.82, 2.24) is 0 Å². The number of hydrogen-bond donors (Lipinski definition) is 0. The first-order chi connectivity index (χ1) is 23.5. The second-order valence-electron chi connectivity index (χ2n) is 12.6. The van der Waals surface area contributed by atoms with Crippen molar-refractivity contribution < 1.29 is 12.8 Å². The van der Waals surface area contributed by atoms with Gasteiger partial charge in [-0.1, -0.05) is 109 Å². The van der Waals surface area contributed by atoms with E-state index in [1.807, 2.05) is 42.5 Å². The average Bonchev–Trinajstić information content (AvgIpc) is 3.44. The molecule has 0 spiro atoms. The third-order valence-corrected chi connectivity index (χ3v) is 11.0. The molecule has 0 bridgehead atoms. The number of benzene rings is 7. The molecule has 0 radical (unpaired) electrons. The van der Waals surface area contributed by atoms with E-state index >= 15 is 0 Å². The lowest BCUT2D eigenvalue weighted by Gasteiger charge is -2.15. The monoisotopic (exact) mass is 638 g/mol. The predicted octanol–water partition coefficient (Wildman–Crippen LogP) is 11.3. The van der Waals surface area contributed by atoms with Gasteiger partial charge in [-0.2, -0.15) is 0 Å². The molecule has 48 heavy (non-hydrogen) atoms. The van der Waals surface area contributed by atoms with Gasteiger partial charge in [-0.25, -0.2) is 8.42 Å². The Morgan fingerprint density at radius 1 is 0.375 bits per heavy atom. The first-order valence-corrected chi connectivity index (χ1v) is 17.9. The van der Waals surface area contributed by atoms with E-state index in [4.69, 9.17) is 4.42 Å². The summed E-state index contributed by atoms with van der Waals surface area (Å²) < 4.78 is 33.1. The molecule has 7 aromatic carbocycles. The van der Waals surface area contributed by atoms with E-state index in [1.54, 1.807) is 0 Å². The number of hydrogen-bond acceptors (Lipinski definition) is 3. The Morgan fingerprint density at radius 3 is 1.65 bits per heavy atom. The molecule has 0 atom stereocenters. The molecular formula is C44H30O3S. The van der Waals surface area contributed by atoms with Crippen molar-refractivity contribution in [3.8, 4) is 55.6 Å². The van der Waals surface area contributed by atoms with Crippen LogP contribution in [0, 0.1) is 0 Å². The van der Waals surface area contributed by atoms with Gasteiger partial charge in [-0.05, 0) is 115 Å². The summed E-state index contributed by atoms with van der Waals surface area (Å²) >= 11 is 0. The van der Waals surface area contributed by atoms with Crippen LogP contribution >= 0.6 is 0 Å². The fourth-order valence-electron chi connectivity index (χ4n) is 7.11. The van der Waals surface area contributed by atoms with Crippen LogP contribution in [-0.2, 0) is 21.3 Å². The molecule has 0 saturated carbocycles. The molecule has 9 rings (SSSR count). The van der Waals surface area contributed by atoms with Gasteiger partial charge in [-0.15, -0.1) is 0 Å². The largest absolute Gasteiger partial charge is 0.456 e. The lowest BCUT2D eigenvalue weighted by Crippen LogP contribution is -2.05. The number of fused-ring (bicyclic) bond motifs is 6. The Labute approximate surface area is 279 Å². The first-order valence-electron chi connectivity index (χ1n) is 16.1. The highest BCUT2D eigenvalue weighted by molar-refractivity contribution is 7.89. The summed E-state index contributed by atoms with van der Waals surface area (Å²) in [7, 11) is -3.38. The van der Waals surface area contributed by atoms with Crippen LogP contribution in [0.25, 0.3) is 77.6 Å². The Hall–Kier alpha value is -5.71. The van der Waals surface area contributed by atoms with E-state index in [2.05, 4.69) is 115 Å². The average molecular weight is 639 g/mol. The smallest absolute Gasteiger partial charge is 0.158 e. The molecule has 230 valence electrons. The van der Waals surface area contributed by atoms with Gasteiger partial charge in [0.15, 0.2) is 9.84 Å². The number of furan rings is 1. The molecule has 4 heteroatoms. The molecule has 1 aliphatic rings. The standard InChI is InChI=1S/C44H30O3S/c45-48(46)27-34-16-15-32(37-23-35(29-9-3-1-4-10-29)22-36(24-37)30-11-5-2-6-12-30)25-42(34)39-19-17-31(21-38(39)28-48)33-18-20-41-40-13-7-8-14-43(40)47-44(41)26-33/h1-26H,27-28H2. The lowest BCUT2D eigenvalue weighted by molar-refractivity contribution is 0.595. The van der Waals surface area contributed by atoms with E-state index in [-0.39, 0.29) is 11.5 Å². The van der Waals surface area contributed by atoms with E-state index in [9.17, 15) is 8.42 Å².